The average Bonchev–Trinajstić information content (AvgIpc) is 2.92. The van der Waals surface area contributed by atoms with E-state index in [9.17, 15) is 4.79 Å². The molecule has 1 aromatic carbocycles. The molecule has 2 aromatic rings. The predicted molar refractivity (Wildman–Crippen MR) is 85.0 cm³/mol. The lowest BCUT2D eigenvalue weighted by Crippen LogP contribution is -2.26. The molecule has 0 unspecified atom stereocenters. The van der Waals surface area contributed by atoms with Crippen molar-refractivity contribution in [2.75, 3.05) is 13.6 Å². The van der Waals surface area contributed by atoms with Gasteiger partial charge in [0.2, 0.25) is 0 Å². The molecule has 0 aliphatic carbocycles. The minimum atomic E-state index is -0.0636. The van der Waals surface area contributed by atoms with E-state index in [1.807, 2.05) is 31.2 Å². The third-order valence-corrected chi connectivity index (χ3v) is 3.67. The molecule has 1 heterocycles. The van der Waals surface area contributed by atoms with Crippen LogP contribution in [0, 0.1) is 18.8 Å². The lowest BCUT2D eigenvalue weighted by atomic mass is 10.1. The van der Waals surface area contributed by atoms with Gasteiger partial charge >= 0.3 is 0 Å². The van der Waals surface area contributed by atoms with Crippen LogP contribution in [0.15, 0.2) is 29.6 Å². The van der Waals surface area contributed by atoms with Crippen LogP contribution in [0.5, 0.6) is 0 Å². The van der Waals surface area contributed by atoms with Crippen LogP contribution in [0.4, 0.5) is 0 Å². The number of aromatic nitrogens is 1. The van der Waals surface area contributed by atoms with Crippen LogP contribution in [0.25, 0.3) is 0 Å². The van der Waals surface area contributed by atoms with E-state index in [1.165, 1.54) is 11.3 Å². The molecule has 0 fully saturated rings. The Morgan fingerprint density at radius 3 is 2.67 bits per heavy atom. The lowest BCUT2D eigenvalue weighted by molar-refractivity contribution is 0.0780. The largest absolute Gasteiger partial charge is 0.336 e. The van der Waals surface area contributed by atoms with Gasteiger partial charge in [0.05, 0.1) is 11.6 Å². The van der Waals surface area contributed by atoms with Crippen LogP contribution in [0.3, 0.4) is 0 Å². The second-order valence-corrected chi connectivity index (χ2v) is 5.68. The van der Waals surface area contributed by atoms with Gasteiger partial charge in [-0.1, -0.05) is 24.0 Å². The minimum absolute atomic E-state index is 0.0636. The van der Waals surface area contributed by atoms with Crippen molar-refractivity contribution < 1.29 is 4.79 Å². The van der Waals surface area contributed by atoms with Gasteiger partial charge < -0.3 is 10.6 Å². The van der Waals surface area contributed by atoms with Crippen LogP contribution in [-0.4, -0.2) is 29.4 Å². The fourth-order valence-electron chi connectivity index (χ4n) is 1.85. The maximum absolute atomic E-state index is 12.2. The van der Waals surface area contributed by atoms with E-state index < -0.39 is 0 Å². The smallest absolute Gasteiger partial charge is 0.273 e. The van der Waals surface area contributed by atoms with E-state index in [4.69, 9.17) is 5.73 Å². The summed E-state index contributed by atoms with van der Waals surface area (Å²) in [5, 5.41) is 2.69. The van der Waals surface area contributed by atoms with Crippen molar-refractivity contribution in [3.05, 3.63) is 51.5 Å². The molecule has 0 spiro atoms. The summed E-state index contributed by atoms with van der Waals surface area (Å²) >= 11 is 1.48. The summed E-state index contributed by atoms with van der Waals surface area (Å²) in [6.45, 7) is 2.79. The van der Waals surface area contributed by atoms with Crippen molar-refractivity contribution in [3.8, 4) is 11.8 Å². The molecule has 4 nitrogen and oxygen atoms in total. The molecule has 0 saturated heterocycles. The van der Waals surface area contributed by atoms with Gasteiger partial charge in [-0.25, -0.2) is 4.98 Å². The molecule has 2 N–H and O–H groups in total. The van der Waals surface area contributed by atoms with E-state index in [0.717, 1.165) is 16.1 Å². The van der Waals surface area contributed by atoms with Crippen LogP contribution in [0.1, 0.15) is 26.6 Å². The summed E-state index contributed by atoms with van der Waals surface area (Å²) in [6, 6.07) is 7.81. The molecule has 0 aliphatic rings. The van der Waals surface area contributed by atoms with Crippen molar-refractivity contribution in [2.24, 2.45) is 5.73 Å². The average molecular weight is 299 g/mol. The van der Waals surface area contributed by atoms with Gasteiger partial charge in [-0.05, 0) is 24.6 Å². The number of benzene rings is 1. The molecule has 5 heteroatoms. The number of nitrogens with two attached hydrogens (primary N) is 1. The van der Waals surface area contributed by atoms with Crippen LogP contribution < -0.4 is 5.73 Å². The van der Waals surface area contributed by atoms with Crippen LogP contribution in [-0.2, 0) is 6.54 Å². The molecule has 1 amide bonds. The highest BCUT2D eigenvalue weighted by atomic mass is 32.1. The molecule has 21 heavy (non-hydrogen) atoms. The van der Waals surface area contributed by atoms with E-state index >= 15 is 0 Å². The fraction of sp³-hybridized carbons (Fsp3) is 0.250. The maximum Gasteiger partial charge on any atom is 0.273 e. The Bertz CT molecular complexity index is 680. The lowest BCUT2D eigenvalue weighted by Gasteiger charge is -2.16. The first kappa shape index (κ1) is 15.2. The Morgan fingerprint density at radius 1 is 1.38 bits per heavy atom. The highest BCUT2D eigenvalue weighted by molar-refractivity contribution is 7.09. The first-order chi connectivity index (χ1) is 10.1. The summed E-state index contributed by atoms with van der Waals surface area (Å²) in [7, 11) is 1.78. The number of amides is 1. The first-order valence-corrected chi connectivity index (χ1v) is 7.43. The molecule has 0 bridgehead atoms. The Hall–Kier alpha value is -2.16. The number of aryl methyl sites for hydroxylation is 1. The van der Waals surface area contributed by atoms with Crippen molar-refractivity contribution in [3.63, 3.8) is 0 Å². The number of hydrogen-bond donors (Lipinski definition) is 1. The van der Waals surface area contributed by atoms with Crippen molar-refractivity contribution in [2.45, 2.75) is 13.5 Å². The first-order valence-electron chi connectivity index (χ1n) is 6.55. The number of carbonyl (C=O) groups excluding carboxylic acids is 1. The zero-order chi connectivity index (χ0) is 15.2. The Morgan fingerprint density at radius 2 is 2.10 bits per heavy atom. The summed E-state index contributed by atoms with van der Waals surface area (Å²) in [5.74, 6) is 5.72. The number of rotatable bonds is 3. The van der Waals surface area contributed by atoms with Gasteiger partial charge in [0.1, 0.15) is 5.69 Å². The van der Waals surface area contributed by atoms with E-state index in [1.54, 1.807) is 17.3 Å². The summed E-state index contributed by atoms with van der Waals surface area (Å²) in [6.07, 6.45) is 0. The quantitative estimate of drug-likeness (QED) is 0.882. The molecule has 0 atom stereocenters. The van der Waals surface area contributed by atoms with Gasteiger partial charge in [-0.15, -0.1) is 11.3 Å². The van der Waals surface area contributed by atoms with Gasteiger partial charge in [0, 0.05) is 24.5 Å². The third kappa shape index (κ3) is 4.15. The van der Waals surface area contributed by atoms with E-state index in [-0.39, 0.29) is 5.91 Å². The predicted octanol–water partition coefficient (Wildman–Crippen LogP) is 2.03. The minimum Gasteiger partial charge on any atom is -0.336 e. The number of hydrogen-bond acceptors (Lipinski definition) is 4. The summed E-state index contributed by atoms with van der Waals surface area (Å²) < 4.78 is 0. The molecule has 0 saturated carbocycles. The normalized spacial score (nSPS) is 9.86. The van der Waals surface area contributed by atoms with Gasteiger partial charge in [0.25, 0.3) is 5.91 Å². The van der Waals surface area contributed by atoms with E-state index in [2.05, 4.69) is 16.8 Å². The van der Waals surface area contributed by atoms with Crippen molar-refractivity contribution >= 4 is 17.2 Å². The molecule has 1 aromatic heterocycles. The Labute approximate surface area is 128 Å². The second-order valence-electron chi connectivity index (χ2n) is 4.62. The zero-order valence-corrected chi connectivity index (χ0v) is 12.9. The number of carbonyl (C=O) groups is 1. The fourth-order valence-corrected chi connectivity index (χ4v) is 2.44. The molecule has 2 rings (SSSR count). The number of nitrogens with zero attached hydrogens (tertiary/aromatic N) is 2. The molecule has 0 radical (unpaired) electrons. The highest BCUT2D eigenvalue weighted by Crippen LogP contribution is 2.12. The molecule has 108 valence electrons. The van der Waals surface area contributed by atoms with Gasteiger partial charge in [-0.3, -0.25) is 4.79 Å². The maximum atomic E-state index is 12.2. The van der Waals surface area contributed by atoms with E-state index in [0.29, 0.717) is 18.8 Å². The second kappa shape index (κ2) is 7.02. The summed E-state index contributed by atoms with van der Waals surface area (Å²) in [5.41, 5.74) is 7.82. The molecular weight excluding hydrogens is 282 g/mol. The standard InChI is InChI=1S/C16H17N3OS/c1-12-18-15(11-21-12)16(20)19(2)10-14-7-5-13(6-8-14)4-3-9-17/h5-8,11H,9-10,17H2,1-2H3. The molecule has 0 aliphatic heterocycles. The van der Waals surface area contributed by atoms with Gasteiger partial charge in [0.15, 0.2) is 0 Å². The van der Waals surface area contributed by atoms with Crippen LogP contribution in [0.2, 0.25) is 0 Å². The van der Waals surface area contributed by atoms with Crippen molar-refractivity contribution in [1.82, 2.24) is 9.88 Å². The van der Waals surface area contributed by atoms with Crippen molar-refractivity contribution in [1.29, 1.82) is 0 Å². The molecular formula is C16H17N3OS. The Kier molecular flexibility index (Phi) is 5.09. The number of thiazole rings is 1. The van der Waals surface area contributed by atoms with Crippen LogP contribution >= 0.6 is 11.3 Å². The summed E-state index contributed by atoms with van der Waals surface area (Å²) in [4.78, 5) is 18.1. The monoisotopic (exact) mass is 299 g/mol. The highest BCUT2D eigenvalue weighted by Gasteiger charge is 2.14. The zero-order valence-electron chi connectivity index (χ0n) is 12.1. The Balaban J connectivity index is 2.02. The third-order valence-electron chi connectivity index (χ3n) is 2.89. The topological polar surface area (TPSA) is 59.2 Å². The SMILES string of the molecule is Cc1nc(C(=O)N(C)Cc2ccc(C#CCN)cc2)cs1. The van der Waals surface area contributed by atoms with Gasteiger partial charge in [-0.2, -0.15) is 0 Å².